The third-order valence-electron chi connectivity index (χ3n) is 2.61. The zero-order valence-electron chi connectivity index (χ0n) is 5.84. The van der Waals surface area contributed by atoms with Crippen molar-refractivity contribution in [3.63, 3.8) is 0 Å². The molecular formula is C7H12N2O. The Morgan fingerprint density at radius 3 is 2.90 bits per heavy atom. The first-order valence-corrected chi connectivity index (χ1v) is 3.83. The second-order valence-electron chi connectivity index (χ2n) is 3.24. The van der Waals surface area contributed by atoms with Crippen molar-refractivity contribution in [3.8, 4) is 0 Å². The summed E-state index contributed by atoms with van der Waals surface area (Å²) in [6.45, 7) is 1.15. The van der Waals surface area contributed by atoms with Gasteiger partial charge < -0.3 is 10.6 Å². The van der Waals surface area contributed by atoms with Gasteiger partial charge in [0.05, 0.1) is 0 Å². The minimum Gasteiger partial charge on any atom is -0.354 e. The Kier molecular flexibility index (Phi) is 1.38. The lowest BCUT2D eigenvalue weighted by atomic mass is 10.1. The number of piperidine rings is 1. The van der Waals surface area contributed by atoms with Gasteiger partial charge in [-0.15, -0.1) is 0 Å². The number of fused-ring (bicyclic) bond motifs is 2. The van der Waals surface area contributed by atoms with E-state index in [0.29, 0.717) is 12.1 Å². The standard InChI is InChI=1S/C7H12N2O/c10-4-9-7-2-5-1-6(7)8-3-5/h4-8H,1-3H2,(H,9,10). The molecule has 3 unspecified atom stereocenters. The normalized spacial score (nSPS) is 43.8. The summed E-state index contributed by atoms with van der Waals surface area (Å²) in [7, 11) is 0. The first-order chi connectivity index (χ1) is 4.90. The van der Waals surface area contributed by atoms with Crippen LogP contribution in [0.15, 0.2) is 0 Å². The monoisotopic (exact) mass is 140 g/mol. The van der Waals surface area contributed by atoms with Gasteiger partial charge in [-0.25, -0.2) is 0 Å². The molecule has 1 heterocycles. The molecule has 2 fully saturated rings. The Bertz CT molecular complexity index is 149. The number of rotatable bonds is 2. The van der Waals surface area contributed by atoms with Crippen LogP contribution in [0.25, 0.3) is 0 Å². The van der Waals surface area contributed by atoms with E-state index in [2.05, 4.69) is 10.6 Å². The predicted octanol–water partition coefficient (Wildman–Crippen LogP) is -0.517. The van der Waals surface area contributed by atoms with E-state index in [1.807, 2.05) is 0 Å². The van der Waals surface area contributed by atoms with E-state index >= 15 is 0 Å². The van der Waals surface area contributed by atoms with Gasteiger partial charge in [0.15, 0.2) is 0 Å². The second-order valence-corrected chi connectivity index (χ2v) is 3.24. The van der Waals surface area contributed by atoms with E-state index in [-0.39, 0.29) is 0 Å². The number of hydrogen-bond acceptors (Lipinski definition) is 2. The fraction of sp³-hybridized carbons (Fsp3) is 0.857. The van der Waals surface area contributed by atoms with Crippen LogP contribution in [0.5, 0.6) is 0 Å². The highest BCUT2D eigenvalue weighted by Crippen LogP contribution is 2.30. The summed E-state index contributed by atoms with van der Waals surface area (Å²) in [6.07, 6.45) is 3.24. The number of carbonyl (C=O) groups is 1. The lowest BCUT2D eigenvalue weighted by Gasteiger charge is -2.21. The van der Waals surface area contributed by atoms with Gasteiger partial charge in [0.2, 0.25) is 6.41 Å². The maximum Gasteiger partial charge on any atom is 0.207 e. The van der Waals surface area contributed by atoms with Crippen LogP contribution < -0.4 is 10.6 Å². The molecule has 1 aliphatic heterocycles. The van der Waals surface area contributed by atoms with Crippen LogP contribution in [0.4, 0.5) is 0 Å². The van der Waals surface area contributed by atoms with Crippen molar-refractivity contribution in [1.82, 2.24) is 10.6 Å². The van der Waals surface area contributed by atoms with Crippen molar-refractivity contribution in [1.29, 1.82) is 0 Å². The zero-order chi connectivity index (χ0) is 6.97. The maximum absolute atomic E-state index is 10.1. The van der Waals surface area contributed by atoms with Crippen molar-refractivity contribution in [2.45, 2.75) is 24.9 Å². The molecule has 2 bridgehead atoms. The fourth-order valence-corrected chi connectivity index (χ4v) is 2.12. The van der Waals surface area contributed by atoms with Crippen molar-refractivity contribution in [2.75, 3.05) is 6.54 Å². The molecule has 1 amide bonds. The fourth-order valence-electron chi connectivity index (χ4n) is 2.12. The molecule has 3 nitrogen and oxygen atoms in total. The minimum absolute atomic E-state index is 0.413. The summed E-state index contributed by atoms with van der Waals surface area (Å²) in [5.41, 5.74) is 0. The molecule has 56 valence electrons. The first kappa shape index (κ1) is 6.16. The van der Waals surface area contributed by atoms with Gasteiger partial charge in [-0.05, 0) is 25.3 Å². The molecule has 1 saturated heterocycles. The SMILES string of the molecule is O=CNC1CC2CNC1C2. The van der Waals surface area contributed by atoms with Crippen LogP contribution in [-0.4, -0.2) is 25.0 Å². The van der Waals surface area contributed by atoms with Crippen LogP contribution in [0.2, 0.25) is 0 Å². The highest BCUT2D eigenvalue weighted by atomic mass is 16.1. The Labute approximate surface area is 60.2 Å². The Morgan fingerprint density at radius 1 is 1.50 bits per heavy atom. The Hall–Kier alpha value is -0.570. The molecule has 0 spiro atoms. The summed E-state index contributed by atoms with van der Waals surface area (Å²) in [5.74, 6) is 0.822. The van der Waals surface area contributed by atoms with Crippen LogP contribution in [-0.2, 0) is 4.79 Å². The summed E-state index contributed by atoms with van der Waals surface area (Å²) >= 11 is 0. The van der Waals surface area contributed by atoms with Crippen LogP contribution in [0, 0.1) is 5.92 Å². The first-order valence-electron chi connectivity index (χ1n) is 3.83. The van der Waals surface area contributed by atoms with Gasteiger partial charge in [0.25, 0.3) is 0 Å². The molecule has 3 heteroatoms. The van der Waals surface area contributed by atoms with Crippen molar-refractivity contribution < 1.29 is 4.79 Å². The van der Waals surface area contributed by atoms with Crippen LogP contribution in [0.1, 0.15) is 12.8 Å². The topological polar surface area (TPSA) is 41.1 Å². The average molecular weight is 140 g/mol. The van der Waals surface area contributed by atoms with Crippen molar-refractivity contribution in [3.05, 3.63) is 0 Å². The molecule has 0 radical (unpaired) electrons. The van der Waals surface area contributed by atoms with Crippen LogP contribution in [0.3, 0.4) is 0 Å². The largest absolute Gasteiger partial charge is 0.354 e. The average Bonchev–Trinajstić information content (AvgIpc) is 2.48. The predicted molar refractivity (Wildman–Crippen MR) is 37.5 cm³/mol. The number of hydrogen-bond donors (Lipinski definition) is 2. The van der Waals surface area contributed by atoms with Gasteiger partial charge in [-0.3, -0.25) is 4.79 Å². The second kappa shape index (κ2) is 2.23. The van der Waals surface area contributed by atoms with E-state index in [4.69, 9.17) is 0 Å². The Balaban J connectivity index is 1.95. The molecule has 0 aromatic rings. The minimum atomic E-state index is 0.413. The number of carbonyl (C=O) groups excluding carboxylic acids is 1. The summed E-state index contributed by atoms with van der Waals surface area (Å²) < 4.78 is 0. The van der Waals surface area contributed by atoms with Gasteiger partial charge in [-0.1, -0.05) is 0 Å². The zero-order valence-corrected chi connectivity index (χ0v) is 5.84. The lowest BCUT2D eigenvalue weighted by Crippen LogP contribution is -2.45. The molecule has 3 atom stereocenters. The summed E-state index contributed by atoms with van der Waals surface area (Å²) in [5, 5.41) is 6.20. The van der Waals surface area contributed by atoms with Gasteiger partial charge in [-0.2, -0.15) is 0 Å². The molecule has 2 rings (SSSR count). The van der Waals surface area contributed by atoms with E-state index in [1.165, 1.54) is 12.8 Å². The quantitative estimate of drug-likeness (QED) is 0.507. The number of nitrogens with one attached hydrogen (secondary N) is 2. The van der Waals surface area contributed by atoms with E-state index in [9.17, 15) is 4.79 Å². The van der Waals surface area contributed by atoms with E-state index in [0.717, 1.165) is 18.9 Å². The van der Waals surface area contributed by atoms with Crippen molar-refractivity contribution >= 4 is 6.41 Å². The molecular weight excluding hydrogens is 128 g/mol. The molecule has 2 N–H and O–H groups in total. The smallest absolute Gasteiger partial charge is 0.207 e. The molecule has 0 aromatic heterocycles. The third-order valence-corrected chi connectivity index (χ3v) is 2.61. The molecule has 0 aromatic carbocycles. The lowest BCUT2D eigenvalue weighted by molar-refractivity contribution is -0.110. The molecule has 1 saturated carbocycles. The van der Waals surface area contributed by atoms with Crippen LogP contribution >= 0.6 is 0 Å². The van der Waals surface area contributed by atoms with Crippen molar-refractivity contribution in [2.24, 2.45) is 5.92 Å². The Morgan fingerprint density at radius 2 is 2.40 bits per heavy atom. The van der Waals surface area contributed by atoms with E-state index in [1.54, 1.807) is 0 Å². The highest BCUT2D eigenvalue weighted by Gasteiger charge is 2.38. The van der Waals surface area contributed by atoms with E-state index < -0.39 is 0 Å². The summed E-state index contributed by atoms with van der Waals surface area (Å²) in [4.78, 5) is 10.1. The number of amides is 1. The molecule has 1 aliphatic carbocycles. The molecule has 2 aliphatic rings. The van der Waals surface area contributed by atoms with Gasteiger partial charge in [0, 0.05) is 12.1 Å². The molecule has 10 heavy (non-hydrogen) atoms. The van der Waals surface area contributed by atoms with Gasteiger partial charge >= 0.3 is 0 Å². The van der Waals surface area contributed by atoms with Gasteiger partial charge in [0.1, 0.15) is 0 Å². The third kappa shape index (κ3) is 0.814. The maximum atomic E-state index is 10.1. The highest BCUT2D eigenvalue weighted by molar-refractivity contribution is 5.47. The summed E-state index contributed by atoms with van der Waals surface area (Å²) in [6, 6.07) is 0.978.